The van der Waals surface area contributed by atoms with Crippen LogP contribution in [0.2, 0.25) is 0 Å². The second-order valence-electron chi connectivity index (χ2n) is 4.67. The maximum atomic E-state index is 5.57. The lowest BCUT2D eigenvalue weighted by molar-refractivity contribution is 0.402. The first-order valence-electron chi connectivity index (χ1n) is 6.19. The topological polar surface area (TPSA) is 35.2 Å². The third-order valence-corrected chi connectivity index (χ3v) is 3.56. The highest BCUT2D eigenvalue weighted by Crippen LogP contribution is 2.30. The van der Waals surface area contributed by atoms with Crippen LogP contribution in [0, 0.1) is 5.92 Å². The molecule has 0 fully saturated rings. The van der Waals surface area contributed by atoms with Gasteiger partial charge in [-0.3, -0.25) is 0 Å². The number of hydrogen-bond acceptors (Lipinski definition) is 2. The number of benzene rings is 1. The quantitative estimate of drug-likeness (QED) is 0.844. The highest BCUT2D eigenvalue weighted by Gasteiger charge is 2.18. The van der Waals surface area contributed by atoms with Crippen LogP contribution in [0.5, 0.6) is 5.75 Å². The minimum atomic E-state index is 0.821. The van der Waals surface area contributed by atoms with Crippen LogP contribution < -0.4 is 10.5 Å². The second kappa shape index (κ2) is 5.35. The first-order chi connectivity index (χ1) is 7.83. The minimum Gasteiger partial charge on any atom is -0.497 e. The summed E-state index contributed by atoms with van der Waals surface area (Å²) in [5.41, 5.74) is 8.55. The molecule has 1 atom stereocenters. The molecule has 0 amide bonds. The molecule has 1 aliphatic rings. The summed E-state index contributed by atoms with van der Waals surface area (Å²) < 4.78 is 5.28. The van der Waals surface area contributed by atoms with Crippen LogP contribution in [0.25, 0.3) is 0 Å². The van der Waals surface area contributed by atoms with Crippen LogP contribution in [0.1, 0.15) is 30.4 Å². The Labute approximate surface area is 97.8 Å². The van der Waals surface area contributed by atoms with Crippen LogP contribution in [-0.2, 0) is 12.8 Å². The maximum absolute atomic E-state index is 5.57. The van der Waals surface area contributed by atoms with Crippen LogP contribution in [-0.4, -0.2) is 13.7 Å². The summed E-state index contributed by atoms with van der Waals surface area (Å²) in [5, 5.41) is 0. The fourth-order valence-electron chi connectivity index (χ4n) is 2.59. The van der Waals surface area contributed by atoms with Crippen LogP contribution in [0.4, 0.5) is 0 Å². The van der Waals surface area contributed by atoms with Crippen molar-refractivity contribution in [2.24, 2.45) is 11.7 Å². The SMILES string of the molecule is COc1ccc2c(c1)CC(CCCN)CC2. The zero-order valence-electron chi connectivity index (χ0n) is 10.0. The molecule has 1 aromatic carbocycles. The van der Waals surface area contributed by atoms with Gasteiger partial charge < -0.3 is 10.5 Å². The first kappa shape index (κ1) is 11.5. The van der Waals surface area contributed by atoms with Crippen molar-refractivity contribution in [2.75, 3.05) is 13.7 Å². The van der Waals surface area contributed by atoms with Crippen molar-refractivity contribution in [1.29, 1.82) is 0 Å². The van der Waals surface area contributed by atoms with Gasteiger partial charge in [-0.1, -0.05) is 6.07 Å². The molecule has 0 aromatic heterocycles. The fourth-order valence-corrected chi connectivity index (χ4v) is 2.59. The summed E-state index contributed by atoms with van der Waals surface area (Å²) in [6.07, 6.45) is 6.16. The van der Waals surface area contributed by atoms with Gasteiger partial charge in [-0.25, -0.2) is 0 Å². The lowest BCUT2D eigenvalue weighted by atomic mass is 9.81. The summed E-state index contributed by atoms with van der Waals surface area (Å²) in [7, 11) is 1.73. The van der Waals surface area contributed by atoms with Crippen molar-refractivity contribution in [3.05, 3.63) is 29.3 Å². The molecule has 0 heterocycles. The van der Waals surface area contributed by atoms with Gasteiger partial charge in [0.05, 0.1) is 7.11 Å². The van der Waals surface area contributed by atoms with Gasteiger partial charge in [0.1, 0.15) is 5.75 Å². The van der Waals surface area contributed by atoms with E-state index in [-0.39, 0.29) is 0 Å². The summed E-state index contributed by atoms with van der Waals surface area (Å²) in [4.78, 5) is 0. The number of hydrogen-bond donors (Lipinski definition) is 1. The highest BCUT2D eigenvalue weighted by molar-refractivity contribution is 5.37. The molecule has 2 heteroatoms. The second-order valence-corrected chi connectivity index (χ2v) is 4.67. The van der Waals surface area contributed by atoms with Gasteiger partial charge in [-0.05, 0) is 67.8 Å². The monoisotopic (exact) mass is 219 g/mol. The Morgan fingerprint density at radius 3 is 3.00 bits per heavy atom. The smallest absolute Gasteiger partial charge is 0.119 e. The Bertz CT molecular complexity index is 349. The number of fused-ring (bicyclic) bond motifs is 1. The molecule has 0 bridgehead atoms. The van der Waals surface area contributed by atoms with Crippen molar-refractivity contribution >= 4 is 0 Å². The molecule has 0 saturated carbocycles. The van der Waals surface area contributed by atoms with E-state index in [1.165, 1.54) is 36.8 Å². The van der Waals surface area contributed by atoms with E-state index in [2.05, 4.69) is 18.2 Å². The van der Waals surface area contributed by atoms with E-state index in [0.29, 0.717) is 0 Å². The van der Waals surface area contributed by atoms with Crippen molar-refractivity contribution in [2.45, 2.75) is 32.1 Å². The Balaban J connectivity index is 2.06. The zero-order chi connectivity index (χ0) is 11.4. The molecule has 0 aliphatic heterocycles. The van der Waals surface area contributed by atoms with E-state index in [0.717, 1.165) is 24.6 Å². The van der Waals surface area contributed by atoms with Crippen LogP contribution in [0.15, 0.2) is 18.2 Å². The van der Waals surface area contributed by atoms with Crippen LogP contribution >= 0.6 is 0 Å². The van der Waals surface area contributed by atoms with Crippen molar-refractivity contribution in [3.63, 3.8) is 0 Å². The van der Waals surface area contributed by atoms with Gasteiger partial charge in [0, 0.05) is 0 Å². The standard InChI is InChI=1S/C14H21NO/c1-16-14-7-6-12-5-4-11(3-2-8-15)9-13(12)10-14/h6-7,10-11H,2-5,8-9,15H2,1H3. The van der Waals surface area contributed by atoms with E-state index in [1.54, 1.807) is 7.11 Å². The van der Waals surface area contributed by atoms with Gasteiger partial charge in [-0.2, -0.15) is 0 Å². The van der Waals surface area contributed by atoms with E-state index in [9.17, 15) is 0 Å². The Hall–Kier alpha value is -1.02. The van der Waals surface area contributed by atoms with Crippen molar-refractivity contribution in [1.82, 2.24) is 0 Å². The molecule has 2 rings (SSSR count). The zero-order valence-corrected chi connectivity index (χ0v) is 10.0. The third kappa shape index (κ3) is 2.56. The van der Waals surface area contributed by atoms with E-state index < -0.39 is 0 Å². The van der Waals surface area contributed by atoms with Gasteiger partial charge >= 0.3 is 0 Å². The molecular weight excluding hydrogens is 198 g/mol. The van der Waals surface area contributed by atoms with Crippen molar-refractivity contribution in [3.8, 4) is 5.75 Å². The number of rotatable bonds is 4. The molecule has 1 aromatic rings. The first-order valence-corrected chi connectivity index (χ1v) is 6.19. The van der Waals surface area contributed by atoms with E-state index in [1.807, 2.05) is 0 Å². The number of aryl methyl sites for hydroxylation is 1. The average molecular weight is 219 g/mol. The molecule has 2 N–H and O–H groups in total. The number of ether oxygens (including phenoxy) is 1. The summed E-state index contributed by atoms with van der Waals surface area (Å²) in [6.45, 7) is 0.821. The summed E-state index contributed by atoms with van der Waals surface area (Å²) in [5.74, 6) is 1.81. The maximum Gasteiger partial charge on any atom is 0.119 e. The lowest BCUT2D eigenvalue weighted by Gasteiger charge is -2.24. The van der Waals surface area contributed by atoms with Gasteiger partial charge in [0.25, 0.3) is 0 Å². The predicted molar refractivity (Wildman–Crippen MR) is 66.8 cm³/mol. The Morgan fingerprint density at radius 1 is 1.38 bits per heavy atom. The third-order valence-electron chi connectivity index (χ3n) is 3.56. The molecule has 1 aliphatic carbocycles. The minimum absolute atomic E-state index is 0.821. The van der Waals surface area contributed by atoms with Crippen LogP contribution in [0.3, 0.4) is 0 Å². The molecule has 2 nitrogen and oxygen atoms in total. The molecule has 0 spiro atoms. The van der Waals surface area contributed by atoms with Gasteiger partial charge in [0.2, 0.25) is 0 Å². The molecule has 0 radical (unpaired) electrons. The molecule has 1 unspecified atom stereocenters. The number of methoxy groups -OCH3 is 1. The van der Waals surface area contributed by atoms with Gasteiger partial charge in [-0.15, -0.1) is 0 Å². The molecule has 0 saturated heterocycles. The molecular formula is C14H21NO. The summed E-state index contributed by atoms with van der Waals surface area (Å²) >= 11 is 0. The molecule has 16 heavy (non-hydrogen) atoms. The highest BCUT2D eigenvalue weighted by atomic mass is 16.5. The lowest BCUT2D eigenvalue weighted by Crippen LogP contribution is -2.15. The molecule has 88 valence electrons. The largest absolute Gasteiger partial charge is 0.497 e. The Kier molecular flexibility index (Phi) is 3.83. The average Bonchev–Trinajstić information content (AvgIpc) is 2.35. The van der Waals surface area contributed by atoms with Crippen molar-refractivity contribution < 1.29 is 4.74 Å². The Morgan fingerprint density at radius 2 is 2.25 bits per heavy atom. The van der Waals surface area contributed by atoms with E-state index in [4.69, 9.17) is 10.5 Å². The van der Waals surface area contributed by atoms with Gasteiger partial charge in [0.15, 0.2) is 0 Å². The predicted octanol–water partition coefficient (Wildman–Crippen LogP) is 2.54. The normalized spacial score (nSPS) is 19.2. The number of nitrogens with two attached hydrogens (primary N) is 1. The fraction of sp³-hybridized carbons (Fsp3) is 0.571. The van der Waals surface area contributed by atoms with E-state index >= 15 is 0 Å². The summed E-state index contributed by atoms with van der Waals surface area (Å²) in [6, 6.07) is 6.48.